The molecule has 0 aliphatic heterocycles. The van der Waals surface area contributed by atoms with E-state index in [4.69, 9.17) is 5.73 Å². The van der Waals surface area contributed by atoms with Crippen molar-refractivity contribution in [2.24, 2.45) is 5.73 Å². The van der Waals surface area contributed by atoms with Crippen molar-refractivity contribution in [1.29, 1.82) is 0 Å². The molecule has 1 aromatic carbocycles. The first-order valence-electron chi connectivity index (χ1n) is 7.22. The maximum atomic E-state index is 6.53. The number of aryl methyl sites for hydroxylation is 3. The van der Waals surface area contributed by atoms with Gasteiger partial charge in [0, 0.05) is 11.6 Å². The highest BCUT2D eigenvalue weighted by Crippen LogP contribution is 2.25. The van der Waals surface area contributed by atoms with Gasteiger partial charge < -0.3 is 10.6 Å². The Balaban J connectivity index is 3.03. The maximum absolute atomic E-state index is 6.53. The van der Waals surface area contributed by atoms with E-state index in [2.05, 4.69) is 65.7 Å². The summed E-state index contributed by atoms with van der Waals surface area (Å²) in [6, 6.07) is 4.66. The molecule has 2 heteroatoms. The number of hydrogen-bond acceptors (Lipinski definition) is 2. The third kappa shape index (κ3) is 3.37. The first-order chi connectivity index (χ1) is 8.72. The second-order valence-corrected chi connectivity index (χ2v) is 6.29. The summed E-state index contributed by atoms with van der Waals surface area (Å²) in [5.74, 6) is 0. The number of nitrogens with zero attached hydrogens (tertiary/aromatic N) is 1. The van der Waals surface area contributed by atoms with Crippen LogP contribution >= 0.6 is 0 Å². The molecule has 0 amide bonds. The molecule has 2 N–H and O–H groups in total. The smallest absolute Gasteiger partial charge is 0.0326 e. The first-order valence-corrected chi connectivity index (χ1v) is 7.22. The lowest BCUT2D eigenvalue weighted by molar-refractivity contribution is 0.131. The van der Waals surface area contributed by atoms with E-state index in [0.29, 0.717) is 0 Å². The highest BCUT2D eigenvalue weighted by Gasteiger charge is 2.32. The summed E-state index contributed by atoms with van der Waals surface area (Å²) in [5, 5.41) is 0. The van der Waals surface area contributed by atoms with Crippen LogP contribution in [0.5, 0.6) is 0 Å². The van der Waals surface area contributed by atoms with E-state index in [0.717, 1.165) is 12.8 Å². The van der Waals surface area contributed by atoms with Gasteiger partial charge in [0.05, 0.1) is 0 Å². The molecule has 0 bridgehead atoms. The van der Waals surface area contributed by atoms with Crippen LogP contribution < -0.4 is 5.73 Å². The molecule has 0 radical (unpaired) electrons. The number of hydrogen-bond donors (Lipinski definition) is 1. The van der Waals surface area contributed by atoms with Crippen LogP contribution in [0.1, 0.15) is 42.5 Å². The van der Waals surface area contributed by atoms with Gasteiger partial charge in [-0.3, -0.25) is 0 Å². The van der Waals surface area contributed by atoms with E-state index in [1.165, 1.54) is 22.3 Å². The molecule has 0 fully saturated rings. The Bertz CT molecular complexity index is 414. The molecule has 0 aromatic heterocycles. The van der Waals surface area contributed by atoms with Crippen molar-refractivity contribution in [3.63, 3.8) is 0 Å². The van der Waals surface area contributed by atoms with Crippen LogP contribution in [0, 0.1) is 20.8 Å². The molecule has 0 spiro atoms. The van der Waals surface area contributed by atoms with E-state index >= 15 is 0 Å². The van der Waals surface area contributed by atoms with Gasteiger partial charge in [0.1, 0.15) is 0 Å². The molecule has 19 heavy (non-hydrogen) atoms. The second kappa shape index (κ2) is 6.06. The topological polar surface area (TPSA) is 29.3 Å². The number of benzene rings is 1. The summed E-state index contributed by atoms with van der Waals surface area (Å²) in [6.45, 7) is 11.0. The molecule has 1 aromatic rings. The van der Waals surface area contributed by atoms with Crippen LogP contribution in [0.15, 0.2) is 12.1 Å². The Hall–Kier alpha value is -0.860. The van der Waals surface area contributed by atoms with Gasteiger partial charge in [0.2, 0.25) is 0 Å². The third-order valence-electron chi connectivity index (χ3n) is 4.80. The zero-order chi connectivity index (χ0) is 14.8. The molecular weight excluding hydrogens is 232 g/mol. The van der Waals surface area contributed by atoms with E-state index in [9.17, 15) is 0 Å². The molecule has 2 unspecified atom stereocenters. The average Bonchev–Trinajstić information content (AvgIpc) is 2.31. The fourth-order valence-corrected chi connectivity index (χ4v) is 2.88. The fraction of sp³-hybridized carbons (Fsp3) is 0.647. The summed E-state index contributed by atoms with van der Waals surface area (Å²) in [4.78, 5) is 2.26. The third-order valence-corrected chi connectivity index (χ3v) is 4.80. The molecule has 0 heterocycles. The van der Waals surface area contributed by atoms with Crippen molar-refractivity contribution in [3.8, 4) is 0 Å². The molecule has 2 atom stereocenters. The number of nitrogens with two attached hydrogens (primary N) is 1. The van der Waals surface area contributed by atoms with Crippen LogP contribution in [-0.4, -0.2) is 30.6 Å². The predicted molar refractivity (Wildman–Crippen MR) is 84.7 cm³/mol. The summed E-state index contributed by atoms with van der Waals surface area (Å²) >= 11 is 0. The van der Waals surface area contributed by atoms with E-state index < -0.39 is 0 Å². The summed E-state index contributed by atoms with van der Waals surface area (Å²) in [6.07, 6.45) is 2.01. The largest absolute Gasteiger partial charge is 0.326 e. The van der Waals surface area contributed by atoms with Gasteiger partial charge in [-0.2, -0.15) is 0 Å². The Kier molecular flexibility index (Phi) is 5.17. The normalized spacial score (nSPS) is 16.5. The molecule has 2 nitrogen and oxygen atoms in total. The quantitative estimate of drug-likeness (QED) is 0.883. The zero-order valence-corrected chi connectivity index (χ0v) is 13.7. The Morgan fingerprint density at radius 3 is 2.00 bits per heavy atom. The minimum absolute atomic E-state index is 0.0454. The molecule has 0 saturated carbocycles. The lowest BCUT2D eigenvalue weighted by atomic mass is 9.82. The Morgan fingerprint density at radius 1 is 1.16 bits per heavy atom. The highest BCUT2D eigenvalue weighted by atomic mass is 15.2. The van der Waals surface area contributed by atoms with Crippen LogP contribution in [0.4, 0.5) is 0 Å². The van der Waals surface area contributed by atoms with Crippen molar-refractivity contribution < 1.29 is 0 Å². The van der Waals surface area contributed by atoms with Crippen molar-refractivity contribution in [1.82, 2.24) is 4.90 Å². The molecule has 0 aliphatic carbocycles. The highest BCUT2D eigenvalue weighted by molar-refractivity contribution is 5.38. The van der Waals surface area contributed by atoms with Crippen molar-refractivity contribution in [2.45, 2.75) is 59.0 Å². The van der Waals surface area contributed by atoms with Crippen LogP contribution in [0.25, 0.3) is 0 Å². The van der Waals surface area contributed by atoms with E-state index in [1.807, 2.05) is 0 Å². The lowest BCUT2D eigenvalue weighted by Gasteiger charge is -2.41. The van der Waals surface area contributed by atoms with E-state index in [1.54, 1.807) is 0 Å². The average molecular weight is 262 g/mol. The minimum atomic E-state index is 0.0454. The maximum Gasteiger partial charge on any atom is 0.0326 e. The predicted octanol–water partition coefficient (Wildman–Crippen LogP) is 3.21. The van der Waals surface area contributed by atoms with Crippen LogP contribution in [0.2, 0.25) is 0 Å². The minimum Gasteiger partial charge on any atom is -0.326 e. The van der Waals surface area contributed by atoms with Gasteiger partial charge in [-0.15, -0.1) is 0 Å². The van der Waals surface area contributed by atoms with Gasteiger partial charge >= 0.3 is 0 Å². The van der Waals surface area contributed by atoms with Gasteiger partial charge in [-0.05, 0) is 71.3 Å². The molecule has 108 valence electrons. The number of likely N-dealkylation sites (N-methyl/N-ethyl adjacent to an activating group) is 1. The summed E-state index contributed by atoms with van der Waals surface area (Å²) in [5.41, 5.74) is 12.1. The summed E-state index contributed by atoms with van der Waals surface area (Å²) < 4.78 is 0. The van der Waals surface area contributed by atoms with Gasteiger partial charge in [0.25, 0.3) is 0 Å². The molecule has 0 saturated heterocycles. The monoisotopic (exact) mass is 262 g/mol. The fourth-order valence-electron chi connectivity index (χ4n) is 2.88. The SMILES string of the molecule is CCC(C)(C(N)Cc1c(C)cc(C)cc1C)N(C)C. The molecular formula is C17H30N2. The van der Waals surface area contributed by atoms with Crippen molar-refractivity contribution >= 4 is 0 Å². The van der Waals surface area contributed by atoms with Gasteiger partial charge in [-0.25, -0.2) is 0 Å². The van der Waals surface area contributed by atoms with E-state index in [-0.39, 0.29) is 11.6 Å². The van der Waals surface area contributed by atoms with Crippen LogP contribution in [0.3, 0.4) is 0 Å². The molecule has 0 aliphatic rings. The lowest BCUT2D eigenvalue weighted by Crippen LogP contribution is -2.55. The van der Waals surface area contributed by atoms with Gasteiger partial charge in [-0.1, -0.05) is 24.6 Å². The van der Waals surface area contributed by atoms with Crippen molar-refractivity contribution in [2.75, 3.05) is 14.1 Å². The standard InChI is InChI=1S/C17H30N2/c1-8-17(5,19(6)7)16(18)11-15-13(3)9-12(2)10-14(15)4/h9-10,16H,8,11,18H2,1-7H3. The van der Waals surface area contributed by atoms with Crippen molar-refractivity contribution in [3.05, 3.63) is 34.4 Å². The molecule has 1 rings (SSSR count). The second-order valence-electron chi connectivity index (χ2n) is 6.29. The Labute approximate surface area is 119 Å². The zero-order valence-electron chi connectivity index (χ0n) is 13.7. The van der Waals surface area contributed by atoms with Gasteiger partial charge in [0.15, 0.2) is 0 Å². The first kappa shape index (κ1) is 16.2. The number of rotatable bonds is 5. The Morgan fingerprint density at radius 2 is 1.63 bits per heavy atom. The summed E-state index contributed by atoms with van der Waals surface area (Å²) in [7, 11) is 4.25. The van der Waals surface area contributed by atoms with Crippen LogP contribution in [-0.2, 0) is 6.42 Å².